The first-order valence-corrected chi connectivity index (χ1v) is 9.38. The Morgan fingerprint density at radius 1 is 1.04 bits per heavy atom. The molecular weight excluding hydrogens is 342 g/mol. The molecule has 0 radical (unpaired) electrons. The minimum Gasteiger partial charge on any atom is -0.351 e. The smallest absolute Gasteiger partial charge is 0.225 e. The number of fused-ring (bicyclic) bond motifs is 1. The van der Waals surface area contributed by atoms with Gasteiger partial charge < -0.3 is 9.80 Å². The second-order valence-electron chi connectivity index (χ2n) is 7.29. The quantitative estimate of drug-likeness (QED) is 0.703. The predicted molar refractivity (Wildman–Crippen MR) is 101 cm³/mol. The lowest BCUT2D eigenvalue weighted by molar-refractivity contribution is -0.132. The molecule has 0 bridgehead atoms. The van der Waals surface area contributed by atoms with Crippen molar-refractivity contribution in [2.45, 2.75) is 19.8 Å². The van der Waals surface area contributed by atoms with Crippen LogP contribution >= 0.6 is 0 Å². The third-order valence-electron chi connectivity index (χ3n) is 5.31. The van der Waals surface area contributed by atoms with E-state index in [4.69, 9.17) is 0 Å². The van der Waals surface area contributed by atoms with E-state index in [0.29, 0.717) is 17.1 Å². The number of aromatic nitrogens is 5. The van der Waals surface area contributed by atoms with Crippen LogP contribution < -0.4 is 4.90 Å². The predicted octanol–water partition coefficient (Wildman–Crippen LogP) is 1.58. The normalized spacial score (nSPS) is 17.5. The molecule has 5 rings (SSSR count). The van der Waals surface area contributed by atoms with Crippen LogP contribution in [0.2, 0.25) is 0 Å². The Hall–Kier alpha value is -3.03. The van der Waals surface area contributed by atoms with Crippen LogP contribution in [0.1, 0.15) is 18.4 Å². The minimum atomic E-state index is 0.275. The van der Waals surface area contributed by atoms with E-state index in [1.54, 1.807) is 11.0 Å². The molecule has 0 N–H and O–H groups in total. The van der Waals surface area contributed by atoms with Gasteiger partial charge in [0.15, 0.2) is 17.0 Å². The van der Waals surface area contributed by atoms with Gasteiger partial charge in [-0.15, -0.1) is 5.10 Å². The highest BCUT2D eigenvalue weighted by Gasteiger charge is 2.35. The lowest BCUT2D eigenvalue weighted by atomic mass is 10.2. The summed E-state index contributed by atoms with van der Waals surface area (Å²) < 4.78 is 1.74. The van der Waals surface area contributed by atoms with Gasteiger partial charge in [0.05, 0.1) is 5.69 Å². The molecule has 8 heteroatoms. The number of aryl methyl sites for hydroxylation is 1. The van der Waals surface area contributed by atoms with Gasteiger partial charge in [0.2, 0.25) is 5.91 Å². The Balaban J connectivity index is 1.41. The second-order valence-corrected chi connectivity index (χ2v) is 7.29. The van der Waals surface area contributed by atoms with Crippen LogP contribution in [0.4, 0.5) is 5.82 Å². The van der Waals surface area contributed by atoms with Gasteiger partial charge in [0.1, 0.15) is 6.33 Å². The standard InChI is InChI=1S/C19H21N7O/c1-13-2-6-15(7-3-13)26-18-16(22-23-26)17(20-12-21-18)24-8-10-25(11-9-24)19(27)14-4-5-14/h2-3,6-7,12,14H,4-5,8-11H2,1H3. The summed E-state index contributed by atoms with van der Waals surface area (Å²) in [6.45, 7) is 5.01. The zero-order valence-corrected chi connectivity index (χ0v) is 15.2. The van der Waals surface area contributed by atoms with Crippen molar-refractivity contribution in [3.8, 4) is 5.69 Å². The molecule has 8 nitrogen and oxygen atoms in total. The molecule has 1 saturated heterocycles. The fourth-order valence-corrected chi connectivity index (χ4v) is 3.56. The van der Waals surface area contributed by atoms with E-state index in [1.807, 2.05) is 29.2 Å². The fraction of sp³-hybridized carbons (Fsp3) is 0.421. The van der Waals surface area contributed by atoms with Gasteiger partial charge in [-0.2, -0.15) is 4.68 Å². The van der Waals surface area contributed by atoms with E-state index in [-0.39, 0.29) is 5.92 Å². The number of piperazine rings is 1. The van der Waals surface area contributed by atoms with Crippen LogP contribution in [0.25, 0.3) is 16.9 Å². The number of nitrogens with zero attached hydrogens (tertiary/aromatic N) is 7. The number of anilines is 1. The lowest BCUT2D eigenvalue weighted by Gasteiger charge is -2.35. The number of hydrogen-bond acceptors (Lipinski definition) is 6. The molecular formula is C19H21N7O. The van der Waals surface area contributed by atoms with Crippen LogP contribution in [0.3, 0.4) is 0 Å². The monoisotopic (exact) mass is 363 g/mol. The summed E-state index contributed by atoms with van der Waals surface area (Å²) in [7, 11) is 0. The SMILES string of the molecule is Cc1ccc(-n2nnc3c(N4CCN(C(=O)C5CC5)CC4)ncnc32)cc1. The van der Waals surface area contributed by atoms with Crippen molar-refractivity contribution in [3.05, 3.63) is 36.2 Å². The van der Waals surface area contributed by atoms with Crippen molar-refractivity contribution < 1.29 is 4.79 Å². The number of carbonyl (C=O) groups excluding carboxylic acids is 1. The van der Waals surface area contributed by atoms with Gasteiger partial charge in [-0.25, -0.2) is 9.97 Å². The summed E-state index contributed by atoms with van der Waals surface area (Å²) in [5, 5.41) is 8.65. The Morgan fingerprint density at radius 3 is 2.48 bits per heavy atom. The lowest BCUT2D eigenvalue weighted by Crippen LogP contribution is -2.49. The first kappa shape index (κ1) is 16.2. The molecule has 0 unspecified atom stereocenters. The summed E-state index contributed by atoms with van der Waals surface area (Å²) in [5.74, 6) is 1.38. The van der Waals surface area contributed by atoms with Crippen molar-refractivity contribution >= 4 is 22.9 Å². The van der Waals surface area contributed by atoms with E-state index < -0.39 is 0 Å². The number of hydrogen-bond donors (Lipinski definition) is 0. The van der Waals surface area contributed by atoms with E-state index in [1.165, 1.54) is 5.56 Å². The maximum atomic E-state index is 12.3. The molecule has 2 aliphatic rings. The van der Waals surface area contributed by atoms with Gasteiger partial charge in [0.25, 0.3) is 0 Å². The van der Waals surface area contributed by atoms with E-state index in [2.05, 4.69) is 32.1 Å². The average Bonchev–Trinajstić information content (AvgIpc) is 3.47. The van der Waals surface area contributed by atoms with Gasteiger partial charge in [-0.3, -0.25) is 4.79 Å². The van der Waals surface area contributed by atoms with Crippen LogP contribution in [0, 0.1) is 12.8 Å². The Kier molecular flexibility index (Phi) is 3.77. The highest BCUT2D eigenvalue weighted by Crippen LogP contribution is 2.31. The van der Waals surface area contributed by atoms with Gasteiger partial charge in [0, 0.05) is 32.1 Å². The van der Waals surface area contributed by atoms with Crippen molar-refractivity contribution in [2.75, 3.05) is 31.1 Å². The largest absolute Gasteiger partial charge is 0.351 e. The molecule has 2 fully saturated rings. The van der Waals surface area contributed by atoms with Crippen molar-refractivity contribution in [1.29, 1.82) is 0 Å². The number of rotatable bonds is 3. The molecule has 2 aromatic heterocycles. The molecule has 138 valence electrons. The Morgan fingerprint density at radius 2 is 1.78 bits per heavy atom. The van der Waals surface area contributed by atoms with Crippen molar-refractivity contribution in [2.24, 2.45) is 5.92 Å². The summed E-state index contributed by atoms with van der Waals surface area (Å²) >= 11 is 0. The van der Waals surface area contributed by atoms with Crippen LogP contribution in [0.15, 0.2) is 30.6 Å². The zero-order valence-electron chi connectivity index (χ0n) is 15.2. The van der Waals surface area contributed by atoms with Gasteiger partial charge >= 0.3 is 0 Å². The molecule has 1 saturated carbocycles. The van der Waals surface area contributed by atoms with E-state index in [0.717, 1.165) is 50.5 Å². The van der Waals surface area contributed by atoms with Crippen molar-refractivity contribution in [3.63, 3.8) is 0 Å². The summed E-state index contributed by atoms with van der Waals surface area (Å²) in [6, 6.07) is 8.10. The summed E-state index contributed by atoms with van der Waals surface area (Å²) in [4.78, 5) is 25.3. The Labute approximate surface area is 156 Å². The topological polar surface area (TPSA) is 80.0 Å². The zero-order chi connectivity index (χ0) is 18.4. The molecule has 3 heterocycles. The highest BCUT2D eigenvalue weighted by atomic mass is 16.2. The second kappa shape index (κ2) is 6.29. The number of benzene rings is 1. The van der Waals surface area contributed by atoms with Gasteiger partial charge in [-0.1, -0.05) is 22.9 Å². The molecule has 1 aliphatic heterocycles. The van der Waals surface area contributed by atoms with E-state index in [9.17, 15) is 4.79 Å². The molecule has 1 aromatic carbocycles. The fourth-order valence-electron chi connectivity index (χ4n) is 3.56. The van der Waals surface area contributed by atoms with Crippen LogP contribution in [-0.4, -0.2) is 61.9 Å². The van der Waals surface area contributed by atoms with Crippen LogP contribution in [0.5, 0.6) is 0 Å². The molecule has 0 atom stereocenters. The third-order valence-corrected chi connectivity index (χ3v) is 5.31. The summed E-state index contributed by atoms with van der Waals surface area (Å²) in [5.41, 5.74) is 3.50. The maximum Gasteiger partial charge on any atom is 0.225 e. The molecule has 1 aliphatic carbocycles. The van der Waals surface area contributed by atoms with E-state index >= 15 is 0 Å². The first-order valence-electron chi connectivity index (χ1n) is 9.38. The summed E-state index contributed by atoms with van der Waals surface area (Å²) in [6.07, 6.45) is 3.66. The first-order chi connectivity index (χ1) is 13.2. The van der Waals surface area contributed by atoms with Gasteiger partial charge in [-0.05, 0) is 31.9 Å². The molecule has 0 spiro atoms. The molecule has 1 amide bonds. The molecule has 3 aromatic rings. The molecule has 27 heavy (non-hydrogen) atoms. The Bertz CT molecular complexity index is 985. The minimum absolute atomic E-state index is 0.275. The number of amides is 1. The third kappa shape index (κ3) is 2.90. The average molecular weight is 363 g/mol. The highest BCUT2D eigenvalue weighted by molar-refractivity contribution is 5.84. The van der Waals surface area contributed by atoms with Crippen molar-refractivity contribution in [1.82, 2.24) is 29.9 Å². The maximum absolute atomic E-state index is 12.3. The number of carbonyl (C=O) groups is 1. The van der Waals surface area contributed by atoms with Crippen LogP contribution in [-0.2, 0) is 4.79 Å².